The van der Waals surface area contributed by atoms with Crippen LogP contribution in [0.1, 0.15) is 30.9 Å². The molecule has 0 radical (unpaired) electrons. The lowest BCUT2D eigenvalue weighted by atomic mass is 9.91. The number of hydrogen-bond donors (Lipinski definition) is 1. The van der Waals surface area contributed by atoms with Crippen LogP contribution in [-0.2, 0) is 22.4 Å². The Balaban J connectivity index is 1.83. The molecule has 7 nitrogen and oxygen atoms in total. The third-order valence-electron chi connectivity index (χ3n) is 4.28. The SMILES string of the molecule is C[C@@H](Oc1ccc2c3c(c(=O)oc2c1)CCCC3)C(=O)NCC(=O)[O-]. The fourth-order valence-corrected chi connectivity index (χ4v) is 3.06. The molecule has 0 bridgehead atoms. The zero-order valence-corrected chi connectivity index (χ0v) is 13.8. The molecule has 3 rings (SSSR count). The predicted molar refractivity (Wildman–Crippen MR) is 87.2 cm³/mol. The lowest BCUT2D eigenvalue weighted by Gasteiger charge is -2.18. The van der Waals surface area contributed by atoms with Crippen molar-refractivity contribution >= 4 is 22.8 Å². The molecule has 1 aromatic heterocycles. The number of amides is 1. The Morgan fingerprint density at radius 2 is 2.00 bits per heavy atom. The maximum absolute atomic E-state index is 12.1. The Hall–Kier alpha value is -2.83. The molecule has 1 atom stereocenters. The van der Waals surface area contributed by atoms with Gasteiger partial charge < -0.3 is 24.4 Å². The van der Waals surface area contributed by atoms with Gasteiger partial charge in [0.2, 0.25) is 0 Å². The summed E-state index contributed by atoms with van der Waals surface area (Å²) in [5, 5.41) is 13.4. The normalized spacial score (nSPS) is 14.6. The van der Waals surface area contributed by atoms with Crippen molar-refractivity contribution in [2.75, 3.05) is 6.54 Å². The fourth-order valence-electron chi connectivity index (χ4n) is 3.06. The van der Waals surface area contributed by atoms with E-state index in [-0.39, 0.29) is 5.63 Å². The monoisotopic (exact) mass is 344 g/mol. The van der Waals surface area contributed by atoms with Gasteiger partial charge in [0, 0.05) is 17.0 Å². The van der Waals surface area contributed by atoms with Crippen molar-refractivity contribution in [2.45, 2.75) is 38.7 Å². The van der Waals surface area contributed by atoms with E-state index in [1.54, 1.807) is 12.1 Å². The number of hydrogen-bond acceptors (Lipinski definition) is 6. The highest BCUT2D eigenvalue weighted by molar-refractivity contribution is 5.85. The first-order chi connectivity index (χ1) is 12.0. The van der Waals surface area contributed by atoms with Crippen LogP contribution in [0.2, 0.25) is 0 Å². The Kier molecular flexibility index (Phi) is 4.74. The van der Waals surface area contributed by atoms with Crippen LogP contribution >= 0.6 is 0 Å². The molecule has 1 heterocycles. The van der Waals surface area contributed by atoms with Crippen LogP contribution in [-0.4, -0.2) is 24.5 Å². The second-order valence-corrected chi connectivity index (χ2v) is 6.06. The van der Waals surface area contributed by atoms with Crippen molar-refractivity contribution in [3.05, 3.63) is 39.7 Å². The molecule has 0 saturated carbocycles. The number of carbonyl (C=O) groups excluding carboxylic acids is 2. The summed E-state index contributed by atoms with van der Waals surface area (Å²) in [5.41, 5.74) is 1.89. The first-order valence-electron chi connectivity index (χ1n) is 8.18. The summed E-state index contributed by atoms with van der Waals surface area (Å²) in [6.07, 6.45) is 2.71. The standard InChI is InChI=1S/C18H19NO6/c1-10(17(22)19-9-16(20)21)24-11-6-7-13-12-4-2-3-5-14(12)18(23)25-15(13)8-11/h6-8,10H,2-5,9H2,1H3,(H,19,22)(H,20,21)/p-1/t10-/m1/s1. The van der Waals surface area contributed by atoms with E-state index in [1.165, 1.54) is 6.92 Å². The van der Waals surface area contributed by atoms with Crippen molar-refractivity contribution in [1.82, 2.24) is 5.32 Å². The molecule has 0 aliphatic heterocycles. The number of rotatable bonds is 5. The van der Waals surface area contributed by atoms with Crippen LogP contribution < -0.4 is 20.8 Å². The highest BCUT2D eigenvalue weighted by Gasteiger charge is 2.19. The van der Waals surface area contributed by atoms with Gasteiger partial charge in [-0.25, -0.2) is 4.79 Å². The molecule has 1 aliphatic carbocycles. The molecule has 132 valence electrons. The van der Waals surface area contributed by atoms with Gasteiger partial charge in [0.25, 0.3) is 5.91 Å². The number of aryl methyl sites for hydroxylation is 1. The summed E-state index contributed by atoms with van der Waals surface area (Å²) in [5.74, 6) is -1.59. The molecular formula is C18H18NO6-. The Bertz CT molecular complexity index is 885. The number of ether oxygens (including phenoxy) is 1. The molecule has 0 unspecified atom stereocenters. The third kappa shape index (κ3) is 3.65. The summed E-state index contributed by atoms with van der Waals surface area (Å²) < 4.78 is 10.9. The predicted octanol–water partition coefficient (Wildman–Crippen LogP) is 0.305. The van der Waals surface area contributed by atoms with Gasteiger partial charge in [0.15, 0.2) is 6.10 Å². The van der Waals surface area contributed by atoms with Crippen molar-refractivity contribution < 1.29 is 23.8 Å². The van der Waals surface area contributed by atoms with Gasteiger partial charge in [-0.15, -0.1) is 0 Å². The highest BCUT2D eigenvalue weighted by atomic mass is 16.5. The molecule has 0 fully saturated rings. The maximum Gasteiger partial charge on any atom is 0.339 e. The molecule has 2 aromatic rings. The second-order valence-electron chi connectivity index (χ2n) is 6.06. The van der Waals surface area contributed by atoms with Gasteiger partial charge >= 0.3 is 5.63 Å². The minimum atomic E-state index is -1.38. The van der Waals surface area contributed by atoms with E-state index in [9.17, 15) is 19.5 Å². The lowest BCUT2D eigenvalue weighted by molar-refractivity contribution is -0.304. The van der Waals surface area contributed by atoms with Crippen molar-refractivity contribution in [3.8, 4) is 5.75 Å². The number of aliphatic carboxylic acids is 1. The quantitative estimate of drug-likeness (QED) is 0.782. The molecule has 1 aromatic carbocycles. The van der Waals surface area contributed by atoms with E-state index in [0.29, 0.717) is 11.3 Å². The maximum atomic E-state index is 12.1. The molecule has 1 aliphatic rings. The minimum Gasteiger partial charge on any atom is -0.548 e. The Labute approximate surface area is 143 Å². The average Bonchev–Trinajstić information content (AvgIpc) is 2.59. The van der Waals surface area contributed by atoms with Gasteiger partial charge in [-0.05, 0) is 50.3 Å². The smallest absolute Gasteiger partial charge is 0.339 e. The van der Waals surface area contributed by atoms with Gasteiger partial charge in [-0.2, -0.15) is 0 Å². The summed E-state index contributed by atoms with van der Waals surface area (Å²) in [7, 11) is 0. The van der Waals surface area contributed by atoms with E-state index in [2.05, 4.69) is 5.32 Å². The van der Waals surface area contributed by atoms with Crippen LogP contribution in [0.4, 0.5) is 0 Å². The number of benzene rings is 1. The van der Waals surface area contributed by atoms with Gasteiger partial charge in [-0.1, -0.05) is 0 Å². The van der Waals surface area contributed by atoms with Gasteiger partial charge in [0.05, 0.1) is 12.5 Å². The number of carboxylic acids is 1. The molecule has 1 N–H and O–H groups in total. The Morgan fingerprint density at radius 1 is 1.28 bits per heavy atom. The lowest BCUT2D eigenvalue weighted by Crippen LogP contribution is -2.43. The van der Waals surface area contributed by atoms with Crippen LogP contribution in [0.25, 0.3) is 11.0 Å². The first kappa shape index (κ1) is 17.0. The molecule has 0 saturated heterocycles. The largest absolute Gasteiger partial charge is 0.548 e. The topological polar surface area (TPSA) is 109 Å². The van der Waals surface area contributed by atoms with E-state index < -0.39 is 24.5 Å². The Morgan fingerprint density at radius 3 is 2.72 bits per heavy atom. The zero-order chi connectivity index (χ0) is 18.0. The number of nitrogens with one attached hydrogen (secondary N) is 1. The average molecular weight is 344 g/mol. The highest BCUT2D eigenvalue weighted by Crippen LogP contribution is 2.29. The van der Waals surface area contributed by atoms with Crippen LogP contribution in [0.5, 0.6) is 5.75 Å². The van der Waals surface area contributed by atoms with Crippen molar-refractivity contribution in [3.63, 3.8) is 0 Å². The first-order valence-corrected chi connectivity index (χ1v) is 8.18. The van der Waals surface area contributed by atoms with Crippen molar-refractivity contribution in [2.24, 2.45) is 0 Å². The minimum absolute atomic E-state index is 0.320. The number of fused-ring (bicyclic) bond motifs is 3. The zero-order valence-electron chi connectivity index (χ0n) is 13.8. The van der Waals surface area contributed by atoms with E-state index in [1.807, 2.05) is 6.07 Å². The third-order valence-corrected chi connectivity index (χ3v) is 4.28. The molecule has 0 spiro atoms. The fraction of sp³-hybridized carbons (Fsp3) is 0.389. The number of carbonyl (C=O) groups is 2. The molecular weight excluding hydrogens is 326 g/mol. The van der Waals surface area contributed by atoms with E-state index in [4.69, 9.17) is 9.15 Å². The molecule has 7 heteroatoms. The summed E-state index contributed by atoms with van der Waals surface area (Å²) >= 11 is 0. The van der Waals surface area contributed by atoms with Gasteiger partial charge in [-0.3, -0.25) is 4.79 Å². The van der Waals surface area contributed by atoms with E-state index >= 15 is 0 Å². The molecule has 25 heavy (non-hydrogen) atoms. The van der Waals surface area contributed by atoms with Crippen LogP contribution in [0.3, 0.4) is 0 Å². The van der Waals surface area contributed by atoms with Crippen molar-refractivity contribution in [1.29, 1.82) is 0 Å². The summed E-state index contributed by atoms with van der Waals surface area (Å²) in [6, 6.07) is 5.11. The summed E-state index contributed by atoms with van der Waals surface area (Å²) in [6.45, 7) is 0.920. The van der Waals surface area contributed by atoms with Gasteiger partial charge in [0.1, 0.15) is 11.3 Å². The van der Waals surface area contributed by atoms with Crippen LogP contribution in [0.15, 0.2) is 27.4 Å². The summed E-state index contributed by atoms with van der Waals surface area (Å²) in [4.78, 5) is 34.3. The van der Waals surface area contributed by atoms with Crippen LogP contribution in [0, 0.1) is 0 Å². The van der Waals surface area contributed by atoms with E-state index in [0.717, 1.165) is 42.2 Å². The molecule has 1 amide bonds. The number of carboxylic acid groups (broad SMARTS) is 1. The second kappa shape index (κ2) is 6.96.